The maximum atomic E-state index is 5.60. The Morgan fingerprint density at radius 3 is 3.28 bits per heavy atom. The molecule has 96 valence electrons. The first kappa shape index (κ1) is 11.4. The van der Waals surface area contributed by atoms with Gasteiger partial charge in [-0.15, -0.1) is 10.2 Å². The second kappa shape index (κ2) is 4.89. The van der Waals surface area contributed by atoms with E-state index in [0.29, 0.717) is 6.04 Å². The molecule has 6 heteroatoms. The summed E-state index contributed by atoms with van der Waals surface area (Å²) in [5.41, 5.74) is 6.45. The van der Waals surface area contributed by atoms with Crippen LogP contribution in [0.3, 0.4) is 0 Å². The molecule has 1 saturated heterocycles. The van der Waals surface area contributed by atoms with Crippen molar-refractivity contribution in [1.29, 1.82) is 0 Å². The third-order valence-corrected chi connectivity index (χ3v) is 3.59. The molecule has 0 amide bonds. The van der Waals surface area contributed by atoms with Gasteiger partial charge in [0.05, 0.1) is 0 Å². The minimum atomic E-state index is 0.545. The largest absolute Gasteiger partial charge is 0.350 e. The van der Waals surface area contributed by atoms with Gasteiger partial charge in [-0.3, -0.25) is 4.40 Å². The molecule has 0 bridgehead atoms. The Balaban J connectivity index is 1.90. The lowest BCUT2D eigenvalue weighted by Gasteiger charge is -2.25. The van der Waals surface area contributed by atoms with Gasteiger partial charge in [-0.25, -0.2) is 4.98 Å². The smallest absolute Gasteiger partial charge is 0.203 e. The molecule has 1 atom stereocenters. The van der Waals surface area contributed by atoms with Gasteiger partial charge in [0.15, 0.2) is 5.82 Å². The summed E-state index contributed by atoms with van der Waals surface area (Å²) < 4.78 is 1.92. The van der Waals surface area contributed by atoms with Crippen molar-refractivity contribution in [2.24, 2.45) is 5.73 Å². The molecule has 6 nitrogen and oxygen atoms in total. The van der Waals surface area contributed by atoms with Gasteiger partial charge in [-0.1, -0.05) is 0 Å². The molecule has 0 radical (unpaired) electrons. The summed E-state index contributed by atoms with van der Waals surface area (Å²) in [5.74, 6) is 0.953. The Morgan fingerprint density at radius 2 is 2.39 bits per heavy atom. The highest BCUT2D eigenvalue weighted by Gasteiger charge is 2.27. The topological polar surface area (TPSA) is 72.3 Å². The predicted molar refractivity (Wildman–Crippen MR) is 69.4 cm³/mol. The maximum absolute atomic E-state index is 5.60. The molecule has 1 aliphatic rings. The molecule has 0 aromatic carbocycles. The van der Waals surface area contributed by atoms with Gasteiger partial charge in [0.1, 0.15) is 6.33 Å². The minimum Gasteiger partial charge on any atom is -0.350 e. The molecule has 0 aliphatic carbocycles. The number of nitrogens with zero attached hydrogens (tertiary/aromatic N) is 5. The van der Waals surface area contributed by atoms with Gasteiger partial charge in [0, 0.05) is 25.0 Å². The Hall–Kier alpha value is -1.69. The number of fused-ring (bicyclic) bond motifs is 1. The molecule has 2 N–H and O–H groups in total. The Bertz CT molecular complexity index is 522. The average molecular weight is 246 g/mol. The van der Waals surface area contributed by atoms with E-state index in [2.05, 4.69) is 20.1 Å². The maximum Gasteiger partial charge on any atom is 0.203 e. The van der Waals surface area contributed by atoms with E-state index in [1.165, 1.54) is 12.8 Å². The first-order chi connectivity index (χ1) is 8.90. The zero-order valence-electron chi connectivity index (χ0n) is 10.4. The fourth-order valence-electron chi connectivity index (χ4n) is 2.72. The fourth-order valence-corrected chi connectivity index (χ4v) is 2.72. The number of aromatic nitrogens is 4. The van der Waals surface area contributed by atoms with E-state index in [1.807, 2.05) is 16.8 Å². The first-order valence-corrected chi connectivity index (χ1v) is 6.51. The summed E-state index contributed by atoms with van der Waals surface area (Å²) in [7, 11) is 0. The molecule has 2 aromatic rings. The summed E-state index contributed by atoms with van der Waals surface area (Å²) >= 11 is 0. The minimum absolute atomic E-state index is 0.545. The van der Waals surface area contributed by atoms with E-state index in [1.54, 1.807) is 6.33 Å². The Morgan fingerprint density at radius 1 is 1.44 bits per heavy atom. The summed E-state index contributed by atoms with van der Waals surface area (Å²) in [6.07, 6.45) is 10.0. The van der Waals surface area contributed by atoms with Crippen LogP contribution in [0.5, 0.6) is 0 Å². The molecule has 2 aromatic heterocycles. The third kappa shape index (κ3) is 1.92. The number of anilines is 1. The van der Waals surface area contributed by atoms with E-state index in [0.717, 1.165) is 37.4 Å². The van der Waals surface area contributed by atoms with E-state index < -0.39 is 0 Å². The summed E-state index contributed by atoms with van der Waals surface area (Å²) in [6.45, 7) is 1.81. The molecule has 0 spiro atoms. The van der Waals surface area contributed by atoms with E-state index in [4.69, 9.17) is 5.73 Å². The van der Waals surface area contributed by atoms with Gasteiger partial charge in [0.2, 0.25) is 5.65 Å². The lowest BCUT2D eigenvalue weighted by atomic mass is 10.1. The first-order valence-electron chi connectivity index (χ1n) is 6.51. The highest BCUT2D eigenvalue weighted by molar-refractivity contribution is 5.64. The molecule has 1 aliphatic heterocycles. The van der Waals surface area contributed by atoms with Crippen molar-refractivity contribution in [3.63, 3.8) is 0 Å². The van der Waals surface area contributed by atoms with Crippen LogP contribution >= 0.6 is 0 Å². The van der Waals surface area contributed by atoms with Crippen molar-refractivity contribution in [2.75, 3.05) is 18.0 Å². The van der Waals surface area contributed by atoms with E-state index in [9.17, 15) is 0 Å². The molecule has 0 saturated carbocycles. The molecule has 18 heavy (non-hydrogen) atoms. The second-order valence-electron chi connectivity index (χ2n) is 4.73. The number of hydrogen-bond donors (Lipinski definition) is 1. The summed E-state index contributed by atoms with van der Waals surface area (Å²) in [6, 6.07) is 0.545. The highest BCUT2D eigenvalue weighted by Crippen LogP contribution is 2.28. The molecule has 3 heterocycles. The van der Waals surface area contributed by atoms with Crippen LogP contribution in [0.15, 0.2) is 18.7 Å². The van der Waals surface area contributed by atoms with Crippen LogP contribution in [0, 0.1) is 0 Å². The van der Waals surface area contributed by atoms with Crippen LogP contribution in [-0.4, -0.2) is 38.7 Å². The van der Waals surface area contributed by atoms with Gasteiger partial charge in [-0.2, -0.15) is 0 Å². The van der Waals surface area contributed by atoms with E-state index in [-0.39, 0.29) is 0 Å². The van der Waals surface area contributed by atoms with Crippen molar-refractivity contribution in [3.8, 4) is 0 Å². The van der Waals surface area contributed by atoms with Gasteiger partial charge in [0.25, 0.3) is 0 Å². The standard InChI is InChI=1S/C12H18N6/c13-5-1-3-10-4-2-7-18(10)11-12-16-15-9-17(12)8-6-14-11/h6,8-10H,1-5,7,13H2. The summed E-state index contributed by atoms with van der Waals surface area (Å²) in [4.78, 5) is 6.85. The van der Waals surface area contributed by atoms with Crippen molar-refractivity contribution in [2.45, 2.75) is 31.7 Å². The van der Waals surface area contributed by atoms with Gasteiger partial charge < -0.3 is 10.6 Å². The van der Waals surface area contributed by atoms with Crippen LogP contribution in [0.2, 0.25) is 0 Å². The highest BCUT2D eigenvalue weighted by atomic mass is 15.3. The normalized spacial score (nSPS) is 19.8. The number of rotatable bonds is 4. The van der Waals surface area contributed by atoms with Crippen LogP contribution in [-0.2, 0) is 0 Å². The van der Waals surface area contributed by atoms with Crippen LogP contribution in [0.25, 0.3) is 5.65 Å². The van der Waals surface area contributed by atoms with Gasteiger partial charge in [-0.05, 0) is 32.2 Å². The van der Waals surface area contributed by atoms with Crippen molar-refractivity contribution in [1.82, 2.24) is 19.6 Å². The van der Waals surface area contributed by atoms with Crippen molar-refractivity contribution >= 4 is 11.5 Å². The SMILES string of the molecule is NCCCC1CCCN1c1nccn2cnnc12. The Labute approximate surface area is 106 Å². The lowest BCUT2D eigenvalue weighted by Crippen LogP contribution is -2.30. The van der Waals surface area contributed by atoms with E-state index >= 15 is 0 Å². The van der Waals surface area contributed by atoms with Crippen molar-refractivity contribution < 1.29 is 0 Å². The average Bonchev–Trinajstić information content (AvgIpc) is 3.04. The quantitative estimate of drug-likeness (QED) is 0.865. The summed E-state index contributed by atoms with van der Waals surface area (Å²) in [5, 5.41) is 8.11. The zero-order chi connectivity index (χ0) is 12.4. The second-order valence-corrected chi connectivity index (χ2v) is 4.73. The van der Waals surface area contributed by atoms with Crippen LogP contribution in [0.1, 0.15) is 25.7 Å². The predicted octanol–water partition coefficient (Wildman–Crippen LogP) is 0.832. The Kier molecular flexibility index (Phi) is 3.10. The molecule has 3 rings (SSSR count). The van der Waals surface area contributed by atoms with Gasteiger partial charge >= 0.3 is 0 Å². The molecule has 1 fully saturated rings. The molecular formula is C12H18N6. The third-order valence-electron chi connectivity index (χ3n) is 3.59. The number of nitrogens with two attached hydrogens (primary N) is 1. The zero-order valence-corrected chi connectivity index (χ0v) is 10.4. The monoisotopic (exact) mass is 246 g/mol. The fraction of sp³-hybridized carbons (Fsp3) is 0.583. The molecular weight excluding hydrogens is 228 g/mol. The van der Waals surface area contributed by atoms with Crippen molar-refractivity contribution in [3.05, 3.63) is 18.7 Å². The molecule has 1 unspecified atom stereocenters. The van der Waals surface area contributed by atoms with Crippen LogP contribution in [0.4, 0.5) is 5.82 Å². The van der Waals surface area contributed by atoms with Crippen LogP contribution < -0.4 is 10.6 Å². The lowest BCUT2D eigenvalue weighted by molar-refractivity contribution is 0.582. The number of hydrogen-bond acceptors (Lipinski definition) is 5.